The number of hydrogen-bond acceptors (Lipinski definition) is 3. The van der Waals surface area contributed by atoms with Crippen molar-refractivity contribution in [1.29, 1.82) is 0 Å². The third-order valence-electron chi connectivity index (χ3n) is 0.594. The lowest BCUT2D eigenvalue weighted by Gasteiger charge is -1.95. The minimum Gasteiger partial charge on any atom is -0.393 e. The van der Waals surface area contributed by atoms with Crippen molar-refractivity contribution >= 4 is 23.5 Å². The van der Waals surface area contributed by atoms with Crippen molar-refractivity contribution in [3.8, 4) is 0 Å². The topological polar surface area (TPSA) is 43.4 Å². The highest BCUT2D eigenvalue weighted by Gasteiger charge is 2.05. The molecule has 0 amide bonds. The summed E-state index contributed by atoms with van der Waals surface area (Å²) in [4.78, 5) is 20.6. The summed E-state index contributed by atoms with van der Waals surface area (Å²) < 4.78 is 4.14. The molecule has 0 heterocycles. The number of ether oxygens (including phenoxy) is 1. The van der Waals surface area contributed by atoms with Gasteiger partial charge in [0.2, 0.25) is 0 Å². The Balaban J connectivity index is 3.65. The quantitative estimate of drug-likeness (QED) is 0.453. The monoisotopic (exact) mass is 162 g/mol. The second-order valence-electron chi connectivity index (χ2n) is 1.66. The lowest BCUT2D eigenvalue weighted by Crippen LogP contribution is -2.08. The Morgan fingerprint density at radius 1 is 1.60 bits per heavy atom. The van der Waals surface area contributed by atoms with Gasteiger partial charge in [-0.05, 0) is 0 Å². The van der Waals surface area contributed by atoms with Crippen LogP contribution in [0.25, 0.3) is 0 Å². The van der Waals surface area contributed by atoms with Crippen LogP contribution in [0.4, 0.5) is 0 Å². The Kier molecular flexibility index (Phi) is 3.72. The SMILES string of the molecule is C=C(Cl)CC(=O)OC(C)=O. The van der Waals surface area contributed by atoms with Crippen molar-refractivity contribution in [2.45, 2.75) is 13.3 Å². The number of rotatable bonds is 2. The van der Waals surface area contributed by atoms with Crippen LogP contribution in [0.2, 0.25) is 0 Å². The van der Waals surface area contributed by atoms with Gasteiger partial charge in [-0.3, -0.25) is 9.59 Å². The molecule has 0 aliphatic heterocycles. The van der Waals surface area contributed by atoms with Crippen LogP contribution in [0.1, 0.15) is 13.3 Å². The van der Waals surface area contributed by atoms with Crippen LogP contribution in [-0.4, -0.2) is 11.9 Å². The minimum atomic E-state index is -0.674. The highest BCUT2D eigenvalue weighted by molar-refractivity contribution is 6.30. The van der Waals surface area contributed by atoms with E-state index in [1.165, 1.54) is 0 Å². The maximum atomic E-state index is 10.5. The third kappa shape index (κ3) is 5.31. The third-order valence-corrected chi connectivity index (χ3v) is 0.727. The molecule has 0 bridgehead atoms. The molecule has 0 saturated carbocycles. The van der Waals surface area contributed by atoms with Gasteiger partial charge in [0.05, 0.1) is 6.42 Å². The summed E-state index contributed by atoms with van der Waals surface area (Å²) in [6, 6.07) is 0. The van der Waals surface area contributed by atoms with Crippen molar-refractivity contribution in [3.05, 3.63) is 11.6 Å². The molecule has 0 rings (SSSR count). The van der Waals surface area contributed by atoms with Gasteiger partial charge < -0.3 is 4.74 Å². The maximum absolute atomic E-state index is 10.5. The van der Waals surface area contributed by atoms with E-state index in [4.69, 9.17) is 11.6 Å². The molecular formula is C6H7ClO3. The van der Waals surface area contributed by atoms with E-state index in [9.17, 15) is 9.59 Å². The van der Waals surface area contributed by atoms with Crippen LogP contribution in [0.3, 0.4) is 0 Å². The predicted octanol–water partition coefficient (Wildman–Crippen LogP) is 1.22. The number of hydrogen-bond donors (Lipinski definition) is 0. The molecule has 0 spiro atoms. The molecule has 0 aliphatic carbocycles. The molecule has 10 heavy (non-hydrogen) atoms. The van der Waals surface area contributed by atoms with E-state index >= 15 is 0 Å². The number of carbonyl (C=O) groups is 2. The first-order valence-electron chi connectivity index (χ1n) is 2.57. The Labute approximate surface area is 63.6 Å². The summed E-state index contributed by atoms with van der Waals surface area (Å²) in [7, 11) is 0. The molecule has 0 unspecified atom stereocenters. The lowest BCUT2D eigenvalue weighted by molar-refractivity contribution is -0.157. The van der Waals surface area contributed by atoms with Gasteiger partial charge in [0, 0.05) is 12.0 Å². The maximum Gasteiger partial charge on any atom is 0.318 e. The summed E-state index contributed by atoms with van der Waals surface area (Å²) in [6.45, 7) is 4.40. The fourth-order valence-corrected chi connectivity index (χ4v) is 0.462. The van der Waals surface area contributed by atoms with Crippen LogP contribution in [-0.2, 0) is 14.3 Å². The van der Waals surface area contributed by atoms with Crippen LogP contribution in [0, 0.1) is 0 Å². The Bertz CT molecular complexity index is 156. The molecule has 0 aromatic heterocycles. The average molecular weight is 163 g/mol. The van der Waals surface area contributed by atoms with Crippen LogP contribution >= 0.6 is 11.6 Å². The van der Waals surface area contributed by atoms with Gasteiger partial charge in [-0.2, -0.15) is 0 Å². The van der Waals surface area contributed by atoms with Crippen LogP contribution < -0.4 is 0 Å². The molecule has 56 valence electrons. The van der Waals surface area contributed by atoms with Crippen molar-refractivity contribution in [1.82, 2.24) is 0 Å². The van der Waals surface area contributed by atoms with E-state index in [1.807, 2.05) is 0 Å². The molecular weight excluding hydrogens is 156 g/mol. The molecule has 0 aliphatic rings. The highest BCUT2D eigenvalue weighted by Crippen LogP contribution is 2.03. The average Bonchev–Trinajstić information content (AvgIpc) is 1.58. The second-order valence-corrected chi connectivity index (χ2v) is 2.19. The predicted molar refractivity (Wildman–Crippen MR) is 36.4 cm³/mol. The van der Waals surface area contributed by atoms with Crippen molar-refractivity contribution in [3.63, 3.8) is 0 Å². The van der Waals surface area contributed by atoms with Gasteiger partial charge >= 0.3 is 11.9 Å². The van der Waals surface area contributed by atoms with E-state index in [0.717, 1.165) is 6.92 Å². The second kappa shape index (κ2) is 4.06. The smallest absolute Gasteiger partial charge is 0.318 e. The zero-order valence-corrected chi connectivity index (χ0v) is 6.27. The van der Waals surface area contributed by atoms with E-state index < -0.39 is 11.9 Å². The van der Waals surface area contributed by atoms with Crippen molar-refractivity contribution in [2.75, 3.05) is 0 Å². The first kappa shape index (κ1) is 9.17. The first-order chi connectivity index (χ1) is 4.52. The first-order valence-corrected chi connectivity index (χ1v) is 2.94. The van der Waals surface area contributed by atoms with Gasteiger partial charge in [-0.15, -0.1) is 0 Å². The normalized spacial score (nSPS) is 8.60. The van der Waals surface area contributed by atoms with Gasteiger partial charge in [-0.25, -0.2) is 0 Å². The van der Waals surface area contributed by atoms with E-state index in [1.54, 1.807) is 0 Å². The van der Waals surface area contributed by atoms with E-state index in [-0.39, 0.29) is 11.5 Å². The van der Waals surface area contributed by atoms with E-state index in [2.05, 4.69) is 11.3 Å². The highest BCUT2D eigenvalue weighted by atomic mass is 35.5. The van der Waals surface area contributed by atoms with Gasteiger partial charge in [-0.1, -0.05) is 18.2 Å². The largest absolute Gasteiger partial charge is 0.393 e. The Hall–Kier alpha value is -0.830. The molecule has 0 fully saturated rings. The number of esters is 2. The zero-order valence-electron chi connectivity index (χ0n) is 5.52. The number of halogens is 1. The number of carbonyl (C=O) groups excluding carboxylic acids is 2. The van der Waals surface area contributed by atoms with Gasteiger partial charge in [0.25, 0.3) is 0 Å². The Morgan fingerprint density at radius 2 is 2.10 bits per heavy atom. The molecule has 0 aromatic carbocycles. The molecule has 0 atom stereocenters. The summed E-state index contributed by atoms with van der Waals surface area (Å²) in [5.74, 6) is -1.31. The summed E-state index contributed by atoms with van der Waals surface area (Å²) in [6.07, 6.45) is -0.124. The van der Waals surface area contributed by atoms with Crippen LogP contribution in [0.5, 0.6) is 0 Å². The molecule has 0 radical (unpaired) electrons. The molecule has 0 N–H and O–H groups in total. The fraction of sp³-hybridized carbons (Fsp3) is 0.333. The van der Waals surface area contributed by atoms with Gasteiger partial charge in [0.1, 0.15) is 0 Å². The van der Waals surface area contributed by atoms with Crippen LogP contribution in [0.15, 0.2) is 11.6 Å². The molecule has 0 aromatic rings. The molecule has 3 nitrogen and oxygen atoms in total. The van der Waals surface area contributed by atoms with Crippen molar-refractivity contribution in [2.24, 2.45) is 0 Å². The summed E-state index contributed by atoms with van der Waals surface area (Å²) in [5, 5.41) is 0.159. The summed E-state index contributed by atoms with van der Waals surface area (Å²) in [5.41, 5.74) is 0. The minimum absolute atomic E-state index is 0.124. The summed E-state index contributed by atoms with van der Waals surface area (Å²) >= 11 is 5.25. The Morgan fingerprint density at radius 3 is 2.40 bits per heavy atom. The molecule has 0 saturated heterocycles. The fourth-order valence-electron chi connectivity index (χ4n) is 0.353. The van der Waals surface area contributed by atoms with Gasteiger partial charge in [0.15, 0.2) is 0 Å². The lowest BCUT2D eigenvalue weighted by atomic mass is 10.4. The standard InChI is InChI=1S/C6H7ClO3/c1-4(7)3-6(9)10-5(2)8/h1,3H2,2H3. The molecule has 4 heteroatoms. The van der Waals surface area contributed by atoms with E-state index in [0.29, 0.717) is 0 Å². The zero-order chi connectivity index (χ0) is 8.15. The van der Waals surface area contributed by atoms with Crippen molar-refractivity contribution < 1.29 is 14.3 Å².